The van der Waals surface area contributed by atoms with Crippen LogP contribution in [0.2, 0.25) is 0 Å². The fourth-order valence-electron chi connectivity index (χ4n) is 2.55. The molecule has 7 heteroatoms. The number of ether oxygens (including phenoxy) is 1. The molecule has 26 heavy (non-hydrogen) atoms. The summed E-state index contributed by atoms with van der Waals surface area (Å²) < 4.78 is 41.5. The van der Waals surface area contributed by atoms with Crippen LogP contribution in [-0.4, -0.2) is 35.9 Å². The average Bonchev–Trinajstić information content (AvgIpc) is 2.57. The highest BCUT2D eigenvalue weighted by Crippen LogP contribution is 2.23. The molecule has 0 heterocycles. The van der Waals surface area contributed by atoms with E-state index in [1.165, 1.54) is 0 Å². The van der Waals surface area contributed by atoms with Crippen LogP contribution in [0.25, 0.3) is 6.08 Å². The van der Waals surface area contributed by atoms with Gasteiger partial charge in [0.1, 0.15) is 12.4 Å². The van der Waals surface area contributed by atoms with Crippen molar-refractivity contribution >= 4 is 12.0 Å². The number of hydrogen-bond acceptors (Lipinski definition) is 3. The monoisotopic (exact) mass is 373 g/mol. The molecule has 0 aromatic heterocycles. The largest absolute Gasteiger partial charge is 0.492 e. The number of alkyl halides is 3. The van der Waals surface area contributed by atoms with Gasteiger partial charge in [0.25, 0.3) is 0 Å². The molecule has 1 amide bonds. The van der Waals surface area contributed by atoms with E-state index in [4.69, 9.17) is 4.74 Å². The fourth-order valence-corrected chi connectivity index (χ4v) is 2.55. The van der Waals surface area contributed by atoms with E-state index in [-0.39, 0.29) is 13.2 Å². The van der Waals surface area contributed by atoms with Crippen LogP contribution < -0.4 is 10.1 Å². The summed E-state index contributed by atoms with van der Waals surface area (Å²) in [6.45, 7) is 3.71. The Balaban J connectivity index is 2.59. The fraction of sp³-hybridized carbons (Fsp3) is 0.526. The summed E-state index contributed by atoms with van der Waals surface area (Å²) in [5.74, 6) is -1.51. The van der Waals surface area contributed by atoms with E-state index >= 15 is 0 Å². The molecule has 0 unspecified atom stereocenters. The highest BCUT2D eigenvalue weighted by atomic mass is 19.4. The lowest BCUT2D eigenvalue weighted by atomic mass is 9.91. The third-order valence-corrected chi connectivity index (χ3v) is 3.72. The Bertz CT molecular complexity index is 594. The van der Waals surface area contributed by atoms with Crippen molar-refractivity contribution in [3.8, 4) is 5.75 Å². The molecular formula is C19H26F3NO3. The second-order valence-corrected chi connectivity index (χ2v) is 6.11. The summed E-state index contributed by atoms with van der Waals surface area (Å²) in [7, 11) is 0. The van der Waals surface area contributed by atoms with Crippen LogP contribution in [0, 0.1) is 0 Å². The summed E-state index contributed by atoms with van der Waals surface area (Å²) >= 11 is 0. The lowest BCUT2D eigenvalue weighted by molar-refractivity contribution is -0.173. The summed E-state index contributed by atoms with van der Waals surface area (Å²) in [5.41, 5.74) is -0.0325. The van der Waals surface area contributed by atoms with E-state index in [0.29, 0.717) is 18.6 Å². The Labute approximate surface area is 152 Å². The van der Waals surface area contributed by atoms with E-state index in [2.05, 4.69) is 0 Å². The lowest BCUT2D eigenvalue weighted by Crippen LogP contribution is -2.38. The molecule has 0 aliphatic heterocycles. The van der Waals surface area contributed by atoms with E-state index in [9.17, 15) is 23.1 Å². The molecule has 1 aromatic rings. The van der Waals surface area contributed by atoms with Gasteiger partial charge in [-0.1, -0.05) is 51.0 Å². The van der Waals surface area contributed by atoms with Gasteiger partial charge < -0.3 is 15.2 Å². The van der Waals surface area contributed by atoms with Crippen LogP contribution in [0.5, 0.6) is 5.75 Å². The van der Waals surface area contributed by atoms with Crippen LogP contribution in [0.3, 0.4) is 0 Å². The van der Waals surface area contributed by atoms with Gasteiger partial charge in [0, 0.05) is 0 Å². The van der Waals surface area contributed by atoms with E-state index in [0.717, 1.165) is 18.4 Å². The van der Waals surface area contributed by atoms with Crippen molar-refractivity contribution in [1.29, 1.82) is 0 Å². The predicted octanol–water partition coefficient (Wildman–Crippen LogP) is 4.09. The second-order valence-electron chi connectivity index (χ2n) is 6.11. The summed E-state index contributed by atoms with van der Waals surface area (Å²) in [6.07, 6.45) is 1.78. The number of carbonyl (C=O) groups excluding carboxylic acids is 1. The Morgan fingerprint density at radius 3 is 2.46 bits per heavy atom. The number of benzene rings is 1. The van der Waals surface area contributed by atoms with Crippen molar-refractivity contribution in [3.05, 3.63) is 35.9 Å². The van der Waals surface area contributed by atoms with Gasteiger partial charge in [0.15, 0.2) is 0 Å². The minimum absolute atomic E-state index is 0.0788. The first-order valence-corrected chi connectivity index (χ1v) is 8.69. The quantitative estimate of drug-likeness (QED) is 0.608. The maximum absolute atomic E-state index is 12.1. The number of halogens is 3. The zero-order valence-corrected chi connectivity index (χ0v) is 15.1. The average molecular weight is 373 g/mol. The van der Waals surface area contributed by atoms with Crippen molar-refractivity contribution < 1.29 is 27.8 Å². The van der Waals surface area contributed by atoms with Gasteiger partial charge in [0.05, 0.1) is 12.1 Å². The lowest BCUT2D eigenvalue weighted by Gasteiger charge is -2.23. The molecule has 0 radical (unpaired) electrons. The van der Waals surface area contributed by atoms with Crippen LogP contribution in [0.15, 0.2) is 30.3 Å². The molecule has 0 atom stereocenters. The third kappa shape index (κ3) is 7.91. The molecule has 2 N–H and O–H groups in total. The Hall–Kier alpha value is -2.02. The number of aliphatic hydroxyl groups is 1. The van der Waals surface area contributed by atoms with E-state index < -0.39 is 17.7 Å². The second kappa shape index (κ2) is 10.2. The molecule has 0 saturated heterocycles. The van der Waals surface area contributed by atoms with Crippen LogP contribution in [0.1, 0.15) is 45.1 Å². The van der Waals surface area contributed by atoms with E-state index in [1.54, 1.807) is 29.6 Å². The highest BCUT2D eigenvalue weighted by Gasteiger charge is 2.38. The van der Waals surface area contributed by atoms with Crippen LogP contribution >= 0.6 is 0 Å². The summed E-state index contributed by atoms with van der Waals surface area (Å²) in [6, 6.07) is 6.99. The van der Waals surface area contributed by atoms with Gasteiger partial charge in [0.2, 0.25) is 0 Å². The zero-order valence-electron chi connectivity index (χ0n) is 15.1. The first-order chi connectivity index (χ1) is 12.2. The molecular weight excluding hydrogens is 347 g/mol. The van der Waals surface area contributed by atoms with Gasteiger partial charge in [-0.25, -0.2) is 0 Å². The Kier molecular flexibility index (Phi) is 8.65. The van der Waals surface area contributed by atoms with Crippen molar-refractivity contribution in [3.63, 3.8) is 0 Å². The molecule has 1 rings (SSSR count). The van der Waals surface area contributed by atoms with Gasteiger partial charge in [-0.3, -0.25) is 4.79 Å². The maximum Gasteiger partial charge on any atom is 0.471 e. The SMILES string of the molecule is CCCC(O)(/C=C/c1cccc(OCCNC(=O)C(F)(F)F)c1)CCC. The molecule has 0 saturated carbocycles. The Morgan fingerprint density at radius 2 is 1.88 bits per heavy atom. The van der Waals surface area contributed by atoms with Gasteiger partial charge in [-0.2, -0.15) is 13.2 Å². The first kappa shape index (κ1) is 22.0. The van der Waals surface area contributed by atoms with Crippen LogP contribution in [-0.2, 0) is 4.79 Å². The van der Waals surface area contributed by atoms with Crippen molar-refractivity contribution in [2.75, 3.05) is 13.2 Å². The third-order valence-electron chi connectivity index (χ3n) is 3.72. The number of amides is 1. The minimum atomic E-state index is -4.89. The van der Waals surface area contributed by atoms with Gasteiger partial charge in [-0.15, -0.1) is 0 Å². The van der Waals surface area contributed by atoms with Crippen molar-refractivity contribution in [2.24, 2.45) is 0 Å². The van der Waals surface area contributed by atoms with Gasteiger partial charge in [-0.05, 0) is 30.5 Å². The normalized spacial score (nSPS) is 12.4. The molecule has 0 fully saturated rings. The molecule has 146 valence electrons. The van der Waals surface area contributed by atoms with Crippen LogP contribution in [0.4, 0.5) is 13.2 Å². The molecule has 4 nitrogen and oxygen atoms in total. The molecule has 1 aromatic carbocycles. The summed E-state index contributed by atoms with van der Waals surface area (Å²) in [5, 5.41) is 12.3. The smallest absolute Gasteiger partial charge is 0.471 e. The molecule has 0 aliphatic carbocycles. The summed E-state index contributed by atoms with van der Waals surface area (Å²) in [4.78, 5) is 10.7. The number of carbonyl (C=O) groups is 1. The molecule has 0 bridgehead atoms. The predicted molar refractivity (Wildman–Crippen MR) is 94.8 cm³/mol. The van der Waals surface area contributed by atoms with Gasteiger partial charge >= 0.3 is 12.1 Å². The number of nitrogens with one attached hydrogen (secondary N) is 1. The first-order valence-electron chi connectivity index (χ1n) is 8.69. The van der Waals surface area contributed by atoms with Crippen molar-refractivity contribution in [1.82, 2.24) is 5.32 Å². The molecule has 0 aliphatic rings. The maximum atomic E-state index is 12.1. The number of rotatable bonds is 10. The Morgan fingerprint density at radius 1 is 1.23 bits per heavy atom. The highest BCUT2D eigenvalue weighted by molar-refractivity contribution is 5.81. The zero-order chi connectivity index (χ0) is 19.6. The molecule has 0 spiro atoms. The standard InChI is InChI=1S/C19H26F3NO3/c1-3-9-18(25,10-4-2)11-8-15-6-5-7-16(14-15)26-13-12-23-17(24)19(20,21)22/h5-8,11,14,25H,3-4,9-10,12-13H2,1-2H3,(H,23,24)/b11-8+. The number of hydrogen-bond donors (Lipinski definition) is 2. The topological polar surface area (TPSA) is 58.6 Å². The minimum Gasteiger partial charge on any atom is -0.492 e. The van der Waals surface area contributed by atoms with E-state index in [1.807, 2.05) is 26.0 Å². The van der Waals surface area contributed by atoms with Crippen molar-refractivity contribution in [2.45, 2.75) is 51.3 Å².